The summed E-state index contributed by atoms with van der Waals surface area (Å²) < 4.78 is 13.4. The van der Waals surface area contributed by atoms with Crippen molar-refractivity contribution in [1.29, 1.82) is 0 Å². The van der Waals surface area contributed by atoms with E-state index in [4.69, 9.17) is 16.4 Å². The van der Waals surface area contributed by atoms with Gasteiger partial charge in [-0.05, 0) is 19.1 Å². The average molecular weight is 256 g/mol. The van der Waals surface area contributed by atoms with E-state index in [1.54, 1.807) is 6.92 Å². The van der Waals surface area contributed by atoms with Gasteiger partial charge in [0.2, 0.25) is 0 Å². The quantitative estimate of drug-likeness (QED) is 0.389. The molecule has 3 nitrogen and oxygen atoms in total. The van der Waals surface area contributed by atoms with Gasteiger partial charge in [-0.15, -0.1) is 5.92 Å². The summed E-state index contributed by atoms with van der Waals surface area (Å²) in [6.45, 7) is 2.03. The molecule has 0 heterocycles. The minimum absolute atomic E-state index is 0.0823. The summed E-state index contributed by atoms with van der Waals surface area (Å²) in [6.07, 6.45) is 1.62. The van der Waals surface area contributed by atoms with Crippen molar-refractivity contribution >= 4 is 17.8 Å². The number of aromatic hydroxyl groups is 1. The van der Waals surface area contributed by atoms with Crippen LogP contribution in [0.3, 0.4) is 0 Å². The fourth-order valence-corrected chi connectivity index (χ4v) is 1.21. The molecule has 1 rings (SSSR count). The summed E-state index contributed by atoms with van der Waals surface area (Å²) in [5, 5.41) is 12.8. The number of nitrogens with zero attached hydrogens (tertiary/aromatic N) is 1. The Morgan fingerprint density at radius 1 is 1.59 bits per heavy atom. The molecule has 0 bridgehead atoms. The second-order valence-corrected chi connectivity index (χ2v) is 3.45. The van der Waals surface area contributed by atoms with Gasteiger partial charge >= 0.3 is 0 Å². The zero-order valence-electron chi connectivity index (χ0n) is 9.20. The van der Waals surface area contributed by atoms with Crippen LogP contribution >= 0.6 is 11.6 Å². The maximum atomic E-state index is 13.4. The summed E-state index contributed by atoms with van der Waals surface area (Å²) in [5.41, 5.74) is -0.0981. The highest BCUT2D eigenvalue weighted by molar-refractivity contribution is 6.31. The van der Waals surface area contributed by atoms with Crippen molar-refractivity contribution in [1.82, 2.24) is 0 Å². The molecular weight excluding hydrogens is 245 g/mol. The molecular formula is C12H11ClFNO2. The van der Waals surface area contributed by atoms with Gasteiger partial charge in [-0.2, -0.15) is 0 Å². The molecule has 0 radical (unpaired) electrons. The zero-order chi connectivity index (χ0) is 12.7. The first-order valence-electron chi connectivity index (χ1n) is 4.88. The van der Waals surface area contributed by atoms with Crippen molar-refractivity contribution in [2.75, 3.05) is 6.61 Å². The summed E-state index contributed by atoms with van der Waals surface area (Å²) in [5.74, 6) is 4.52. The second kappa shape index (κ2) is 6.77. The molecule has 0 unspecified atom stereocenters. The van der Waals surface area contributed by atoms with E-state index in [-0.39, 0.29) is 16.3 Å². The Morgan fingerprint density at radius 3 is 3.06 bits per heavy atom. The average Bonchev–Trinajstić information content (AvgIpc) is 2.32. The smallest absolute Gasteiger partial charge is 0.154 e. The van der Waals surface area contributed by atoms with Gasteiger partial charge in [-0.25, -0.2) is 4.39 Å². The number of benzene rings is 1. The number of hydrogen-bond donors (Lipinski definition) is 1. The van der Waals surface area contributed by atoms with E-state index < -0.39 is 5.82 Å². The van der Waals surface area contributed by atoms with Crippen LogP contribution in [-0.2, 0) is 4.84 Å². The predicted molar refractivity (Wildman–Crippen MR) is 64.7 cm³/mol. The number of phenolic OH excluding ortho intramolecular Hbond substituents is 1. The van der Waals surface area contributed by atoms with Gasteiger partial charge in [-0.1, -0.05) is 22.7 Å². The molecule has 90 valence electrons. The van der Waals surface area contributed by atoms with Crippen LogP contribution in [0, 0.1) is 17.7 Å². The Labute approximate surface area is 104 Å². The Balaban J connectivity index is 2.64. The maximum Gasteiger partial charge on any atom is 0.154 e. The number of hydrogen-bond acceptors (Lipinski definition) is 3. The lowest BCUT2D eigenvalue weighted by atomic mass is 10.2. The first-order chi connectivity index (χ1) is 8.16. The fourth-order valence-electron chi connectivity index (χ4n) is 1.04. The van der Waals surface area contributed by atoms with Gasteiger partial charge in [0.15, 0.2) is 5.82 Å². The summed E-state index contributed by atoms with van der Waals surface area (Å²) in [7, 11) is 0. The Morgan fingerprint density at radius 2 is 2.35 bits per heavy atom. The first-order valence-corrected chi connectivity index (χ1v) is 5.26. The number of phenols is 1. The highest BCUT2D eigenvalue weighted by atomic mass is 35.5. The third-order valence-electron chi connectivity index (χ3n) is 1.86. The van der Waals surface area contributed by atoms with Crippen molar-refractivity contribution in [2.24, 2.45) is 5.16 Å². The van der Waals surface area contributed by atoms with Crippen LogP contribution < -0.4 is 0 Å². The highest BCUT2D eigenvalue weighted by Gasteiger charge is 2.09. The third kappa shape index (κ3) is 3.97. The molecule has 1 aromatic carbocycles. The largest absolute Gasteiger partial charge is 0.507 e. The van der Waals surface area contributed by atoms with E-state index in [2.05, 4.69) is 17.0 Å². The van der Waals surface area contributed by atoms with Crippen LogP contribution in [0.15, 0.2) is 17.3 Å². The van der Waals surface area contributed by atoms with Gasteiger partial charge in [0.05, 0.1) is 16.8 Å². The standard InChI is InChI=1S/C12H11ClFNO2/c1-2-3-4-7-17-15-8-9-11(16)6-5-10(13)12(9)14/h5-6,8,16H,4,7H2,1H3/b15-8+. The van der Waals surface area contributed by atoms with E-state index in [1.807, 2.05) is 0 Å². The molecule has 0 aliphatic heterocycles. The van der Waals surface area contributed by atoms with E-state index in [0.29, 0.717) is 13.0 Å². The number of oxime groups is 1. The molecule has 1 aromatic rings. The Bertz CT molecular complexity index is 477. The minimum atomic E-state index is -0.729. The lowest BCUT2D eigenvalue weighted by molar-refractivity contribution is 0.152. The van der Waals surface area contributed by atoms with Crippen molar-refractivity contribution in [3.8, 4) is 17.6 Å². The van der Waals surface area contributed by atoms with E-state index in [0.717, 1.165) is 6.21 Å². The highest BCUT2D eigenvalue weighted by Crippen LogP contribution is 2.24. The van der Waals surface area contributed by atoms with Crippen molar-refractivity contribution in [2.45, 2.75) is 13.3 Å². The molecule has 0 saturated heterocycles. The number of halogens is 2. The van der Waals surface area contributed by atoms with Gasteiger partial charge in [0, 0.05) is 6.42 Å². The fraction of sp³-hybridized carbons (Fsp3) is 0.250. The summed E-state index contributed by atoms with van der Waals surface area (Å²) in [4.78, 5) is 4.84. The zero-order valence-corrected chi connectivity index (χ0v) is 9.96. The van der Waals surface area contributed by atoms with Gasteiger partial charge in [-0.3, -0.25) is 0 Å². The minimum Gasteiger partial charge on any atom is -0.507 e. The van der Waals surface area contributed by atoms with Crippen LogP contribution in [0.1, 0.15) is 18.9 Å². The summed E-state index contributed by atoms with van der Waals surface area (Å²) in [6, 6.07) is 2.55. The third-order valence-corrected chi connectivity index (χ3v) is 2.15. The van der Waals surface area contributed by atoms with Crippen LogP contribution in [0.25, 0.3) is 0 Å². The lowest BCUT2D eigenvalue weighted by Gasteiger charge is -2.01. The first kappa shape index (κ1) is 13.3. The van der Waals surface area contributed by atoms with Gasteiger partial charge in [0.25, 0.3) is 0 Å². The van der Waals surface area contributed by atoms with E-state index >= 15 is 0 Å². The molecule has 5 heteroatoms. The SMILES string of the molecule is CC#CCCO/N=C/c1c(O)ccc(Cl)c1F. The van der Waals surface area contributed by atoms with Crippen LogP contribution in [0.5, 0.6) is 5.75 Å². The Kier molecular flexibility index (Phi) is 5.31. The van der Waals surface area contributed by atoms with Crippen LogP contribution in [0.2, 0.25) is 5.02 Å². The van der Waals surface area contributed by atoms with Crippen molar-refractivity contribution in [3.05, 3.63) is 28.5 Å². The van der Waals surface area contributed by atoms with Crippen molar-refractivity contribution in [3.63, 3.8) is 0 Å². The Hall–Kier alpha value is -1.73. The molecule has 0 saturated carbocycles. The molecule has 0 spiro atoms. The summed E-state index contributed by atoms with van der Waals surface area (Å²) >= 11 is 5.56. The van der Waals surface area contributed by atoms with Crippen LogP contribution in [-0.4, -0.2) is 17.9 Å². The predicted octanol–water partition coefficient (Wildman–Crippen LogP) is 2.95. The molecule has 0 fully saturated rings. The second-order valence-electron chi connectivity index (χ2n) is 3.04. The number of rotatable bonds is 4. The topological polar surface area (TPSA) is 41.8 Å². The molecule has 0 amide bonds. The molecule has 0 aromatic heterocycles. The molecule has 0 aliphatic rings. The molecule has 1 N–H and O–H groups in total. The van der Waals surface area contributed by atoms with Gasteiger partial charge < -0.3 is 9.94 Å². The maximum absolute atomic E-state index is 13.4. The molecule has 17 heavy (non-hydrogen) atoms. The van der Waals surface area contributed by atoms with Crippen molar-refractivity contribution < 1.29 is 14.3 Å². The monoisotopic (exact) mass is 255 g/mol. The van der Waals surface area contributed by atoms with E-state index in [9.17, 15) is 9.50 Å². The lowest BCUT2D eigenvalue weighted by Crippen LogP contribution is -1.92. The van der Waals surface area contributed by atoms with Crippen LogP contribution in [0.4, 0.5) is 4.39 Å². The molecule has 0 atom stereocenters. The normalized spacial score (nSPS) is 10.1. The van der Waals surface area contributed by atoms with Gasteiger partial charge in [0.1, 0.15) is 12.4 Å². The molecule has 0 aliphatic carbocycles. The van der Waals surface area contributed by atoms with E-state index in [1.165, 1.54) is 12.1 Å².